The summed E-state index contributed by atoms with van der Waals surface area (Å²) in [7, 11) is 0. The van der Waals surface area contributed by atoms with Gasteiger partial charge in [0.15, 0.2) is 0 Å². The zero-order valence-electron chi connectivity index (χ0n) is 47.4. The summed E-state index contributed by atoms with van der Waals surface area (Å²) in [5, 5.41) is 0. The lowest BCUT2D eigenvalue weighted by atomic mass is 9.33. The fourth-order valence-corrected chi connectivity index (χ4v) is 14.3. The first-order valence-electron chi connectivity index (χ1n) is 29.0. The Morgan fingerprint density at radius 3 is 1.53 bits per heavy atom. The smallest absolute Gasteiger partial charge is 0.252 e. The Hall–Kier alpha value is -7.88. The summed E-state index contributed by atoms with van der Waals surface area (Å²) in [6.07, 6.45) is 16.9. The van der Waals surface area contributed by atoms with Crippen LogP contribution in [0.15, 0.2) is 247 Å². The molecule has 79 heavy (non-hydrogen) atoms. The van der Waals surface area contributed by atoms with Crippen LogP contribution in [0, 0.1) is 34.5 Å². The number of anilines is 6. The number of hydrogen-bond donors (Lipinski definition) is 0. The summed E-state index contributed by atoms with van der Waals surface area (Å²) in [6.45, 7) is 21.5. The number of allylic oxidation sites excluding steroid dienone is 10. The minimum absolute atomic E-state index is 0.0274. The predicted octanol–water partition coefficient (Wildman–Crippen LogP) is 18.4. The van der Waals surface area contributed by atoms with Gasteiger partial charge in [-0.2, -0.15) is 0 Å². The van der Waals surface area contributed by atoms with E-state index >= 15 is 0 Å². The Morgan fingerprint density at radius 2 is 0.975 bits per heavy atom. The van der Waals surface area contributed by atoms with E-state index in [9.17, 15) is 0 Å². The van der Waals surface area contributed by atoms with Gasteiger partial charge in [-0.05, 0) is 172 Å². The van der Waals surface area contributed by atoms with E-state index in [0.29, 0.717) is 23.7 Å². The van der Waals surface area contributed by atoms with Gasteiger partial charge in [0, 0.05) is 40.0 Å². The Bertz CT molecular complexity index is 3870. The first-order chi connectivity index (χ1) is 38.0. The van der Waals surface area contributed by atoms with Gasteiger partial charge < -0.3 is 9.80 Å². The average molecular weight is 1020 g/mol. The van der Waals surface area contributed by atoms with Crippen LogP contribution in [-0.4, -0.2) is 6.71 Å². The lowest BCUT2D eigenvalue weighted by molar-refractivity contribution is 0.226. The maximum absolute atomic E-state index is 2.74. The van der Waals surface area contributed by atoms with Crippen molar-refractivity contribution in [3.8, 4) is 33.4 Å². The highest BCUT2D eigenvalue weighted by Crippen LogP contribution is 2.59. The molecule has 2 aliphatic heterocycles. The summed E-state index contributed by atoms with van der Waals surface area (Å²) >= 11 is 0. The second-order valence-electron chi connectivity index (χ2n) is 26.6. The SMILES string of the molecule is CC(C)(C)C1=CC2C(c3ccc4c(c3)B3c5ccc(-c6ccccc6)cc5N(c5ccc(-c6ccccc6)cc5)c5cc(C(C)(C)C)cc(c53)N4c3ccc(-c4ccccc4)cc3)C=C3C=C(C(C)(C)C)CC4C=CC(=C1)C2C34. The van der Waals surface area contributed by atoms with E-state index in [4.69, 9.17) is 0 Å². The minimum Gasteiger partial charge on any atom is -0.311 e. The molecule has 0 saturated heterocycles. The lowest BCUT2D eigenvalue weighted by Crippen LogP contribution is -2.61. The van der Waals surface area contributed by atoms with Gasteiger partial charge in [-0.15, -0.1) is 0 Å². The highest BCUT2D eigenvalue weighted by Gasteiger charge is 2.50. The summed E-state index contributed by atoms with van der Waals surface area (Å²) in [5.74, 6) is 1.95. The molecule has 2 nitrogen and oxygen atoms in total. The van der Waals surface area contributed by atoms with Crippen molar-refractivity contribution < 1.29 is 0 Å². The molecule has 0 N–H and O–H groups in total. The van der Waals surface area contributed by atoms with Crippen molar-refractivity contribution in [1.82, 2.24) is 0 Å². The van der Waals surface area contributed by atoms with Crippen molar-refractivity contribution in [2.24, 2.45) is 34.5 Å². The van der Waals surface area contributed by atoms with Crippen molar-refractivity contribution in [3.63, 3.8) is 0 Å². The maximum Gasteiger partial charge on any atom is 0.252 e. The molecule has 14 rings (SSSR count). The third-order valence-corrected chi connectivity index (χ3v) is 18.6. The summed E-state index contributed by atoms with van der Waals surface area (Å²) in [5.41, 5.74) is 27.4. The largest absolute Gasteiger partial charge is 0.311 e. The summed E-state index contributed by atoms with van der Waals surface area (Å²) in [4.78, 5) is 5.21. The molecular weight excluding hydrogens is 952 g/mol. The quantitative estimate of drug-likeness (QED) is 0.153. The Morgan fingerprint density at radius 1 is 0.430 bits per heavy atom. The topological polar surface area (TPSA) is 6.48 Å². The monoisotopic (exact) mass is 1020 g/mol. The predicted molar refractivity (Wildman–Crippen MR) is 337 cm³/mol. The molecule has 8 aromatic carbocycles. The van der Waals surface area contributed by atoms with Gasteiger partial charge in [0.1, 0.15) is 0 Å². The number of fused-ring (bicyclic) bond motifs is 4. The zero-order chi connectivity index (χ0) is 54.1. The van der Waals surface area contributed by atoms with Crippen molar-refractivity contribution >= 4 is 57.2 Å². The number of hydrogen-bond acceptors (Lipinski definition) is 2. The lowest BCUT2D eigenvalue weighted by Gasteiger charge is -2.51. The Labute approximate surface area is 470 Å². The normalized spacial score (nSPS) is 20.7. The second kappa shape index (κ2) is 18.4. The zero-order valence-corrected chi connectivity index (χ0v) is 47.4. The van der Waals surface area contributed by atoms with E-state index in [0.717, 1.165) is 17.8 Å². The Kier molecular flexibility index (Phi) is 11.5. The molecule has 0 bridgehead atoms. The molecule has 4 aliphatic carbocycles. The standard InChI is InChI=1S/C76H71BN2/c1-74(2,3)58-39-55-25-26-56-40-59(75(4,5)6)45-64-63(42-57(41-58)71(55)72(56)64)54-32-38-67-66(43-54)77-65-37-31-53(50-23-17-12-18-24-50)44-68(65)79(62-35-29-52(30-36-62)49-21-15-11-16-22-49)70-47-60(76(7,8)9)46-69(73(70)77)78(67)61-33-27-51(28-34-61)48-19-13-10-14-20-48/h10-38,40-47,55,63-64,71-72H,39H2,1-9H3. The highest BCUT2D eigenvalue weighted by molar-refractivity contribution is 7.00. The number of rotatable bonds is 6. The highest BCUT2D eigenvalue weighted by atomic mass is 15.2. The van der Waals surface area contributed by atoms with E-state index in [-0.39, 0.29) is 28.9 Å². The van der Waals surface area contributed by atoms with Crippen LogP contribution in [0.4, 0.5) is 34.1 Å². The Balaban J connectivity index is 1.03. The molecule has 3 heteroatoms. The van der Waals surface area contributed by atoms with Crippen molar-refractivity contribution in [3.05, 3.63) is 258 Å². The molecule has 0 radical (unpaired) electrons. The molecule has 388 valence electrons. The van der Waals surface area contributed by atoms with E-state index < -0.39 is 0 Å². The number of benzene rings is 8. The first kappa shape index (κ1) is 49.4. The molecule has 0 saturated carbocycles. The van der Waals surface area contributed by atoms with Crippen LogP contribution in [-0.2, 0) is 5.41 Å². The molecule has 5 unspecified atom stereocenters. The van der Waals surface area contributed by atoms with Crippen LogP contribution < -0.4 is 26.2 Å². The van der Waals surface area contributed by atoms with E-state index in [1.807, 2.05) is 0 Å². The fraction of sp³-hybridized carbons (Fsp3) is 0.237. The van der Waals surface area contributed by atoms with Crippen LogP contribution in [0.2, 0.25) is 0 Å². The summed E-state index contributed by atoms with van der Waals surface area (Å²) < 4.78 is 0. The molecule has 2 heterocycles. The van der Waals surface area contributed by atoms with Gasteiger partial charge in [0.2, 0.25) is 0 Å². The van der Waals surface area contributed by atoms with Crippen LogP contribution in [0.5, 0.6) is 0 Å². The molecule has 8 aromatic rings. The van der Waals surface area contributed by atoms with Crippen LogP contribution >= 0.6 is 0 Å². The molecular formula is C76H71BN2. The van der Waals surface area contributed by atoms with Crippen molar-refractivity contribution in [2.75, 3.05) is 9.80 Å². The first-order valence-corrected chi connectivity index (χ1v) is 29.0. The molecule has 6 aliphatic rings. The molecule has 0 spiro atoms. The van der Waals surface area contributed by atoms with E-state index in [1.54, 1.807) is 11.1 Å². The third kappa shape index (κ3) is 8.38. The van der Waals surface area contributed by atoms with Crippen LogP contribution in [0.3, 0.4) is 0 Å². The second-order valence-corrected chi connectivity index (χ2v) is 26.6. The van der Waals surface area contributed by atoms with Crippen molar-refractivity contribution in [1.29, 1.82) is 0 Å². The van der Waals surface area contributed by atoms with E-state index in [2.05, 4.69) is 297 Å². The fourth-order valence-electron chi connectivity index (χ4n) is 14.3. The summed E-state index contributed by atoms with van der Waals surface area (Å²) in [6, 6.07) is 71.3. The average Bonchev–Trinajstić information content (AvgIpc) is 3.65. The van der Waals surface area contributed by atoms with Crippen molar-refractivity contribution in [2.45, 2.75) is 80.1 Å². The van der Waals surface area contributed by atoms with Gasteiger partial charge in [0.25, 0.3) is 6.71 Å². The molecule has 0 aromatic heterocycles. The van der Waals surface area contributed by atoms with Gasteiger partial charge in [-0.1, -0.05) is 244 Å². The minimum atomic E-state index is -0.143. The van der Waals surface area contributed by atoms with Gasteiger partial charge in [-0.25, -0.2) is 0 Å². The van der Waals surface area contributed by atoms with Crippen LogP contribution in [0.25, 0.3) is 33.4 Å². The van der Waals surface area contributed by atoms with Gasteiger partial charge in [-0.3, -0.25) is 0 Å². The van der Waals surface area contributed by atoms with Crippen LogP contribution in [0.1, 0.15) is 85.8 Å². The third-order valence-electron chi connectivity index (χ3n) is 18.6. The maximum atomic E-state index is 2.74. The molecule has 0 amide bonds. The number of nitrogens with zero attached hydrogens (tertiary/aromatic N) is 2. The molecule has 0 fully saturated rings. The van der Waals surface area contributed by atoms with E-state index in [1.165, 1.54) is 94.8 Å². The van der Waals surface area contributed by atoms with Gasteiger partial charge in [0.05, 0.1) is 0 Å². The van der Waals surface area contributed by atoms with Gasteiger partial charge >= 0.3 is 0 Å². The molecule has 5 atom stereocenters.